The highest BCUT2D eigenvalue weighted by Crippen LogP contribution is 2.42. The highest BCUT2D eigenvalue weighted by Gasteiger charge is 2.39. The van der Waals surface area contributed by atoms with Crippen molar-refractivity contribution in [3.8, 4) is 5.75 Å². The van der Waals surface area contributed by atoms with E-state index in [4.69, 9.17) is 4.74 Å². The summed E-state index contributed by atoms with van der Waals surface area (Å²) in [4.78, 5) is 19.6. The molecule has 6 nitrogen and oxygen atoms in total. The maximum absolute atomic E-state index is 13.2. The molecular formula is C23H26N4O2. The summed E-state index contributed by atoms with van der Waals surface area (Å²) in [6, 6.07) is 18.1. The van der Waals surface area contributed by atoms with Crippen LogP contribution in [-0.2, 0) is 4.79 Å². The Morgan fingerprint density at radius 1 is 1.07 bits per heavy atom. The highest BCUT2D eigenvalue weighted by molar-refractivity contribution is 5.93. The third-order valence-electron chi connectivity index (χ3n) is 5.36. The quantitative estimate of drug-likeness (QED) is 0.648. The molecule has 1 aliphatic heterocycles. The number of hydrogen-bond donors (Lipinski definition) is 0. The smallest absolute Gasteiger partial charge is 0.231 e. The van der Waals surface area contributed by atoms with Crippen LogP contribution in [0.5, 0.6) is 5.75 Å². The number of aromatic nitrogens is 3. The van der Waals surface area contributed by atoms with Crippen LogP contribution in [0.2, 0.25) is 0 Å². The largest absolute Gasteiger partial charge is 0.497 e. The van der Waals surface area contributed by atoms with Gasteiger partial charge in [0, 0.05) is 6.42 Å². The van der Waals surface area contributed by atoms with Gasteiger partial charge < -0.3 is 4.74 Å². The lowest BCUT2D eigenvalue weighted by molar-refractivity contribution is -0.120. The summed E-state index contributed by atoms with van der Waals surface area (Å²) in [7, 11) is 1.65. The van der Waals surface area contributed by atoms with E-state index in [1.807, 2.05) is 52.0 Å². The Labute approximate surface area is 171 Å². The lowest BCUT2D eigenvalue weighted by Crippen LogP contribution is -2.43. The molecular weight excluding hydrogens is 364 g/mol. The van der Waals surface area contributed by atoms with Gasteiger partial charge in [-0.15, -0.1) is 0 Å². The average molecular weight is 390 g/mol. The maximum Gasteiger partial charge on any atom is 0.231 e. The fourth-order valence-electron chi connectivity index (χ4n) is 3.99. The van der Waals surface area contributed by atoms with Gasteiger partial charge in [0.05, 0.1) is 19.2 Å². The zero-order valence-electron chi connectivity index (χ0n) is 17.0. The minimum Gasteiger partial charge on any atom is -0.497 e. The lowest BCUT2D eigenvalue weighted by Gasteiger charge is -2.39. The van der Waals surface area contributed by atoms with Crippen molar-refractivity contribution in [2.75, 3.05) is 12.0 Å². The molecule has 3 aromatic rings. The van der Waals surface area contributed by atoms with Crippen LogP contribution in [0.4, 0.5) is 5.95 Å². The number of ether oxygens (including phenoxy) is 1. The molecule has 0 fully saturated rings. The summed E-state index contributed by atoms with van der Waals surface area (Å²) >= 11 is 0. The molecule has 0 unspecified atom stereocenters. The summed E-state index contributed by atoms with van der Waals surface area (Å²) in [6.07, 6.45) is 2.74. The van der Waals surface area contributed by atoms with Crippen LogP contribution < -0.4 is 9.64 Å². The number of methoxy groups -OCH3 is 1. The number of fused-ring (bicyclic) bond motifs is 1. The molecule has 0 saturated carbocycles. The van der Waals surface area contributed by atoms with Crippen LogP contribution >= 0.6 is 0 Å². The molecule has 0 aliphatic carbocycles. The molecule has 2 atom stereocenters. The molecule has 0 radical (unpaired) electrons. The molecule has 0 N–H and O–H groups in total. The second-order valence-electron chi connectivity index (χ2n) is 7.82. The molecule has 1 aromatic heterocycles. The molecule has 2 heterocycles. The first-order chi connectivity index (χ1) is 14.1. The minimum atomic E-state index is -0.117. The van der Waals surface area contributed by atoms with E-state index in [0.29, 0.717) is 12.4 Å². The number of nitrogens with zero attached hydrogens (tertiary/aromatic N) is 4. The van der Waals surface area contributed by atoms with E-state index >= 15 is 0 Å². The van der Waals surface area contributed by atoms with Crippen LogP contribution in [0.25, 0.3) is 0 Å². The highest BCUT2D eigenvalue weighted by atomic mass is 16.5. The predicted octanol–water partition coefficient (Wildman–Crippen LogP) is 4.40. The van der Waals surface area contributed by atoms with Gasteiger partial charge in [-0.3, -0.25) is 9.69 Å². The summed E-state index contributed by atoms with van der Waals surface area (Å²) in [6.45, 7) is 4.11. The van der Waals surface area contributed by atoms with Crippen LogP contribution in [0.1, 0.15) is 49.9 Å². The van der Waals surface area contributed by atoms with Crippen LogP contribution in [-0.4, -0.2) is 27.8 Å². The molecule has 2 aromatic carbocycles. The van der Waals surface area contributed by atoms with Gasteiger partial charge in [0.1, 0.15) is 12.1 Å². The van der Waals surface area contributed by atoms with E-state index in [-0.39, 0.29) is 23.9 Å². The second kappa shape index (κ2) is 8.07. The maximum atomic E-state index is 13.2. The standard InChI is InChI=1S/C23H26N4O2/c1-16(2)13-22(28)26-20(18-9-11-19(29-3)12-10-18)14-21(17-7-5-4-6-8-17)27-23(26)24-15-25-27/h4-12,15-16,20-21H,13-14H2,1-3H3/t20-,21+/m0/s1. The summed E-state index contributed by atoms with van der Waals surface area (Å²) < 4.78 is 7.19. The van der Waals surface area contributed by atoms with E-state index in [9.17, 15) is 4.79 Å². The SMILES string of the molecule is COc1ccc([C@@H]2C[C@H](c3ccccc3)n3ncnc3N2C(=O)CC(C)C)cc1. The predicted molar refractivity (Wildman–Crippen MR) is 112 cm³/mol. The number of benzene rings is 2. The molecule has 4 rings (SSSR count). The van der Waals surface area contributed by atoms with Crippen molar-refractivity contribution >= 4 is 11.9 Å². The lowest BCUT2D eigenvalue weighted by atomic mass is 9.91. The third kappa shape index (κ3) is 3.75. The first-order valence-electron chi connectivity index (χ1n) is 9.99. The van der Waals surface area contributed by atoms with E-state index in [0.717, 1.165) is 23.3 Å². The topological polar surface area (TPSA) is 60.2 Å². The Bertz CT molecular complexity index is 966. The molecule has 1 aliphatic rings. The average Bonchev–Trinajstić information content (AvgIpc) is 3.22. The van der Waals surface area contributed by atoms with Crippen molar-refractivity contribution < 1.29 is 9.53 Å². The monoisotopic (exact) mass is 390 g/mol. The van der Waals surface area contributed by atoms with E-state index < -0.39 is 0 Å². The first-order valence-corrected chi connectivity index (χ1v) is 9.99. The van der Waals surface area contributed by atoms with E-state index in [1.54, 1.807) is 7.11 Å². The van der Waals surface area contributed by atoms with Crippen molar-refractivity contribution in [2.45, 2.75) is 38.8 Å². The summed E-state index contributed by atoms with van der Waals surface area (Å²) in [5.41, 5.74) is 2.23. The van der Waals surface area contributed by atoms with Gasteiger partial charge in [-0.25, -0.2) is 4.68 Å². The summed E-state index contributed by atoms with van der Waals surface area (Å²) in [5, 5.41) is 4.47. The van der Waals surface area contributed by atoms with Gasteiger partial charge in [-0.1, -0.05) is 56.3 Å². The van der Waals surface area contributed by atoms with Gasteiger partial charge in [0.2, 0.25) is 11.9 Å². The number of rotatable bonds is 5. The molecule has 0 spiro atoms. The van der Waals surface area contributed by atoms with Crippen LogP contribution in [0.3, 0.4) is 0 Å². The molecule has 0 bridgehead atoms. The Morgan fingerprint density at radius 3 is 2.41 bits per heavy atom. The number of carbonyl (C=O) groups is 1. The van der Waals surface area contributed by atoms with Gasteiger partial charge >= 0.3 is 0 Å². The Hall–Kier alpha value is -3.15. The summed E-state index contributed by atoms with van der Waals surface area (Å²) in [5.74, 6) is 1.74. The van der Waals surface area contributed by atoms with Gasteiger partial charge in [0.15, 0.2) is 0 Å². The fourth-order valence-corrected chi connectivity index (χ4v) is 3.99. The van der Waals surface area contributed by atoms with Crippen molar-refractivity contribution in [3.05, 3.63) is 72.1 Å². The van der Waals surface area contributed by atoms with Gasteiger partial charge in [-0.05, 0) is 35.6 Å². The van der Waals surface area contributed by atoms with Crippen molar-refractivity contribution in [3.63, 3.8) is 0 Å². The van der Waals surface area contributed by atoms with E-state index in [2.05, 4.69) is 36.1 Å². The van der Waals surface area contributed by atoms with Crippen molar-refractivity contribution in [1.29, 1.82) is 0 Å². The fraction of sp³-hybridized carbons (Fsp3) is 0.348. The Balaban J connectivity index is 1.80. The molecule has 6 heteroatoms. The van der Waals surface area contributed by atoms with Crippen molar-refractivity contribution in [2.24, 2.45) is 5.92 Å². The number of carbonyl (C=O) groups excluding carboxylic acids is 1. The zero-order chi connectivity index (χ0) is 20.4. The third-order valence-corrected chi connectivity index (χ3v) is 5.36. The molecule has 150 valence electrons. The van der Waals surface area contributed by atoms with Crippen molar-refractivity contribution in [1.82, 2.24) is 14.8 Å². The molecule has 0 saturated heterocycles. The Kier molecular flexibility index (Phi) is 5.34. The molecule has 1 amide bonds. The first kappa shape index (κ1) is 19.2. The number of amides is 1. The Morgan fingerprint density at radius 2 is 1.76 bits per heavy atom. The van der Waals surface area contributed by atoms with Gasteiger partial charge in [0.25, 0.3) is 0 Å². The number of hydrogen-bond acceptors (Lipinski definition) is 4. The second-order valence-corrected chi connectivity index (χ2v) is 7.82. The molecule has 29 heavy (non-hydrogen) atoms. The number of anilines is 1. The van der Waals surface area contributed by atoms with Gasteiger partial charge in [-0.2, -0.15) is 10.1 Å². The van der Waals surface area contributed by atoms with Crippen LogP contribution in [0.15, 0.2) is 60.9 Å². The zero-order valence-corrected chi connectivity index (χ0v) is 17.0. The van der Waals surface area contributed by atoms with E-state index in [1.165, 1.54) is 6.33 Å². The normalized spacial score (nSPS) is 18.6. The minimum absolute atomic E-state index is 0.0175. The van der Waals surface area contributed by atoms with Crippen LogP contribution in [0, 0.1) is 5.92 Å².